The normalized spacial score (nSPS) is 27.4. The van der Waals surface area contributed by atoms with Crippen LogP contribution in [0, 0.1) is 11.8 Å². The fourth-order valence-corrected chi connectivity index (χ4v) is 2.62. The summed E-state index contributed by atoms with van der Waals surface area (Å²) in [6.45, 7) is 4.59. The highest BCUT2D eigenvalue weighted by molar-refractivity contribution is 5.78. The largest absolute Gasteiger partial charge is 0.381 e. The fraction of sp³-hybridized carbons (Fsp3) is 0.923. The zero-order chi connectivity index (χ0) is 11.9. The zero-order valence-electron chi connectivity index (χ0n) is 10.5. The third kappa shape index (κ3) is 4.28. The Kier molecular flexibility index (Phi) is 5.26. The lowest BCUT2D eigenvalue weighted by atomic mass is 9.97. The zero-order valence-corrected chi connectivity index (χ0v) is 10.5. The molecule has 98 valence electrons. The molecule has 2 saturated heterocycles. The summed E-state index contributed by atoms with van der Waals surface area (Å²) < 4.78 is 5.32. The molecule has 2 aliphatic rings. The summed E-state index contributed by atoms with van der Waals surface area (Å²) in [6.07, 6.45) is 5.32. The Morgan fingerprint density at radius 1 is 1.18 bits per heavy atom. The highest BCUT2D eigenvalue weighted by Gasteiger charge is 2.21. The molecule has 2 fully saturated rings. The van der Waals surface area contributed by atoms with E-state index in [0.29, 0.717) is 5.92 Å². The van der Waals surface area contributed by atoms with Crippen molar-refractivity contribution in [1.29, 1.82) is 0 Å². The van der Waals surface area contributed by atoms with E-state index in [2.05, 4.69) is 10.6 Å². The number of amides is 1. The molecule has 0 aliphatic carbocycles. The minimum Gasteiger partial charge on any atom is -0.381 e. The second kappa shape index (κ2) is 6.97. The van der Waals surface area contributed by atoms with E-state index in [-0.39, 0.29) is 11.8 Å². The average Bonchev–Trinajstić information content (AvgIpc) is 2.66. The molecule has 0 bridgehead atoms. The van der Waals surface area contributed by atoms with Gasteiger partial charge in [0.05, 0.1) is 0 Å². The lowest BCUT2D eigenvalue weighted by Crippen LogP contribution is -2.36. The molecule has 0 spiro atoms. The van der Waals surface area contributed by atoms with Crippen LogP contribution < -0.4 is 10.6 Å². The molecule has 0 unspecified atom stereocenters. The van der Waals surface area contributed by atoms with Crippen molar-refractivity contribution in [2.24, 2.45) is 11.8 Å². The van der Waals surface area contributed by atoms with Crippen LogP contribution in [0.4, 0.5) is 0 Å². The third-order valence-corrected chi connectivity index (χ3v) is 3.85. The number of nitrogens with one attached hydrogen (secondary N) is 2. The first-order valence-electron chi connectivity index (χ1n) is 6.92. The van der Waals surface area contributed by atoms with Gasteiger partial charge in [-0.25, -0.2) is 0 Å². The van der Waals surface area contributed by atoms with Crippen LogP contribution in [-0.4, -0.2) is 38.8 Å². The van der Waals surface area contributed by atoms with E-state index in [0.717, 1.165) is 65.0 Å². The molecule has 0 saturated carbocycles. The Morgan fingerprint density at radius 3 is 2.82 bits per heavy atom. The monoisotopic (exact) mass is 240 g/mol. The van der Waals surface area contributed by atoms with Crippen LogP contribution in [-0.2, 0) is 9.53 Å². The molecule has 0 aromatic heterocycles. The molecule has 0 radical (unpaired) electrons. The summed E-state index contributed by atoms with van der Waals surface area (Å²) in [5.41, 5.74) is 0. The maximum absolute atomic E-state index is 12.0. The van der Waals surface area contributed by atoms with Gasteiger partial charge in [0.15, 0.2) is 0 Å². The van der Waals surface area contributed by atoms with Gasteiger partial charge in [-0.3, -0.25) is 4.79 Å². The number of ether oxygens (including phenoxy) is 1. The van der Waals surface area contributed by atoms with Crippen molar-refractivity contribution in [1.82, 2.24) is 10.6 Å². The van der Waals surface area contributed by atoms with Crippen LogP contribution in [0.5, 0.6) is 0 Å². The molecule has 4 heteroatoms. The number of carbonyl (C=O) groups is 1. The maximum atomic E-state index is 12.0. The second-order valence-corrected chi connectivity index (χ2v) is 5.18. The van der Waals surface area contributed by atoms with Crippen molar-refractivity contribution in [2.75, 3.05) is 32.8 Å². The van der Waals surface area contributed by atoms with E-state index in [1.54, 1.807) is 0 Å². The van der Waals surface area contributed by atoms with E-state index in [9.17, 15) is 4.79 Å². The molecule has 2 N–H and O–H groups in total. The minimum absolute atomic E-state index is 0.227. The van der Waals surface area contributed by atoms with Gasteiger partial charge in [0, 0.05) is 25.7 Å². The van der Waals surface area contributed by atoms with Crippen molar-refractivity contribution < 1.29 is 9.53 Å². The Morgan fingerprint density at radius 2 is 2.00 bits per heavy atom. The standard InChI is InChI=1S/C13H24N2O2/c16-13(12-2-1-6-14-7-3-12)15-10-11-4-8-17-9-5-11/h11-12,14H,1-10H2,(H,15,16)/t12-/m0/s1. The fourth-order valence-electron chi connectivity index (χ4n) is 2.62. The molecule has 1 amide bonds. The SMILES string of the molecule is O=C(NCC1CCOCC1)[C@H]1CCCNCC1. The highest BCUT2D eigenvalue weighted by Crippen LogP contribution is 2.16. The number of carbonyl (C=O) groups excluding carboxylic acids is 1. The average molecular weight is 240 g/mol. The van der Waals surface area contributed by atoms with Crippen molar-refractivity contribution in [3.05, 3.63) is 0 Å². The van der Waals surface area contributed by atoms with Gasteiger partial charge in [-0.05, 0) is 51.1 Å². The maximum Gasteiger partial charge on any atom is 0.223 e. The van der Waals surface area contributed by atoms with Gasteiger partial charge in [0.1, 0.15) is 0 Å². The molecular weight excluding hydrogens is 216 g/mol. The highest BCUT2D eigenvalue weighted by atomic mass is 16.5. The summed E-state index contributed by atoms with van der Waals surface area (Å²) in [5.74, 6) is 1.11. The Hall–Kier alpha value is -0.610. The predicted molar refractivity (Wildman–Crippen MR) is 66.8 cm³/mol. The van der Waals surface area contributed by atoms with Crippen LogP contribution in [0.1, 0.15) is 32.1 Å². The van der Waals surface area contributed by atoms with Crippen LogP contribution >= 0.6 is 0 Å². The number of hydrogen-bond donors (Lipinski definition) is 2. The molecule has 0 aromatic carbocycles. The summed E-state index contributed by atoms with van der Waals surface area (Å²) in [4.78, 5) is 12.0. The van der Waals surface area contributed by atoms with Crippen LogP contribution in [0.25, 0.3) is 0 Å². The first-order valence-corrected chi connectivity index (χ1v) is 6.92. The van der Waals surface area contributed by atoms with E-state index in [1.165, 1.54) is 0 Å². The molecule has 4 nitrogen and oxygen atoms in total. The van der Waals surface area contributed by atoms with Gasteiger partial charge in [-0.1, -0.05) is 0 Å². The molecule has 2 heterocycles. The quantitative estimate of drug-likeness (QED) is 0.771. The van der Waals surface area contributed by atoms with Crippen LogP contribution in [0.3, 0.4) is 0 Å². The Balaban J connectivity index is 1.68. The first-order chi connectivity index (χ1) is 8.36. The first kappa shape index (κ1) is 12.8. The molecule has 2 rings (SSSR count). The van der Waals surface area contributed by atoms with Gasteiger partial charge in [-0.2, -0.15) is 0 Å². The molecule has 1 atom stereocenters. The predicted octanol–water partition coefficient (Wildman–Crippen LogP) is 0.919. The van der Waals surface area contributed by atoms with Gasteiger partial charge in [-0.15, -0.1) is 0 Å². The molecular formula is C13H24N2O2. The summed E-state index contributed by atoms with van der Waals surface area (Å²) in [7, 11) is 0. The van der Waals surface area contributed by atoms with E-state index in [4.69, 9.17) is 4.74 Å². The third-order valence-electron chi connectivity index (χ3n) is 3.85. The summed E-state index contributed by atoms with van der Waals surface area (Å²) in [5, 5.41) is 6.47. The lowest BCUT2D eigenvalue weighted by molar-refractivity contribution is -0.125. The van der Waals surface area contributed by atoms with Crippen LogP contribution in [0.2, 0.25) is 0 Å². The van der Waals surface area contributed by atoms with E-state index >= 15 is 0 Å². The molecule has 2 aliphatic heterocycles. The van der Waals surface area contributed by atoms with Gasteiger partial charge in [0.2, 0.25) is 5.91 Å². The summed E-state index contributed by atoms with van der Waals surface area (Å²) >= 11 is 0. The van der Waals surface area contributed by atoms with Crippen molar-refractivity contribution in [3.63, 3.8) is 0 Å². The summed E-state index contributed by atoms with van der Waals surface area (Å²) in [6, 6.07) is 0. The van der Waals surface area contributed by atoms with Gasteiger partial charge >= 0.3 is 0 Å². The topological polar surface area (TPSA) is 50.4 Å². The van der Waals surface area contributed by atoms with E-state index in [1.807, 2.05) is 0 Å². The Bertz CT molecular complexity index is 232. The smallest absolute Gasteiger partial charge is 0.223 e. The van der Waals surface area contributed by atoms with Crippen molar-refractivity contribution >= 4 is 5.91 Å². The van der Waals surface area contributed by atoms with Crippen molar-refractivity contribution in [3.8, 4) is 0 Å². The second-order valence-electron chi connectivity index (χ2n) is 5.18. The van der Waals surface area contributed by atoms with Gasteiger partial charge < -0.3 is 15.4 Å². The number of hydrogen-bond acceptors (Lipinski definition) is 3. The Labute approximate surface area is 103 Å². The van der Waals surface area contributed by atoms with E-state index < -0.39 is 0 Å². The molecule has 0 aromatic rings. The molecule has 17 heavy (non-hydrogen) atoms. The van der Waals surface area contributed by atoms with Gasteiger partial charge in [0.25, 0.3) is 0 Å². The number of rotatable bonds is 3. The lowest BCUT2D eigenvalue weighted by Gasteiger charge is -2.23. The van der Waals surface area contributed by atoms with Crippen molar-refractivity contribution in [2.45, 2.75) is 32.1 Å². The van der Waals surface area contributed by atoms with Crippen LogP contribution in [0.15, 0.2) is 0 Å². The minimum atomic E-state index is 0.227.